The third-order valence-corrected chi connectivity index (χ3v) is 2.31. The van der Waals surface area contributed by atoms with Crippen LogP contribution in [0.15, 0.2) is 47.2 Å². The van der Waals surface area contributed by atoms with Crippen LogP contribution >= 0.6 is 10.5 Å². The smallest absolute Gasteiger partial charge is 0.137 e. The molecule has 0 nitrogen and oxygen atoms in total. The van der Waals surface area contributed by atoms with E-state index in [9.17, 15) is 0 Å². The average molecular weight is 278 g/mol. The molecule has 2 heteroatoms. The lowest BCUT2D eigenvalue weighted by Gasteiger charge is -1.67. The van der Waals surface area contributed by atoms with Gasteiger partial charge in [0.05, 0.1) is 0 Å². The summed E-state index contributed by atoms with van der Waals surface area (Å²) in [5, 5.41) is 4.39. The lowest BCUT2D eigenvalue weighted by Crippen LogP contribution is -3.00. The maximum Gasteiger partial charge on any atom is 0.137 e. The van der Waals surface area contributed by atoms with Crippen LogP contribution in [0.2, 0.25) is 0 Å². The van der Waals surface area contributed by atoms with Crippen molar-refractivity contribution in [3.05, 3.63) is 47.2 Å². The molecule has 0 radical (unpaired) electrons. The zero-order valence-electron chi connectivity index (χ0n) is 6.41. The van der Waals surface area contributed by atoms with Gasteiger partial charge >= 0.3 is 0 Å². The largest absolute Gasteiger partial charge is 1.00 e. The Morgan fingerprint density at radius 1 is 0.727 bits per heavy atom. The van der Waals surface area contributed by atoms with Crippen molar-refractivity contribution in [3.63, 3.8) is 0 Å². The van der Waals surface area contributed by atoms with Gasteiger partial charge in [0.15, 0.2) is 0 Å². The van der Waals surface area contributed by atoms with Crippen molar-refractivity contribution in [2.75, 3.05) is 0 Å². The molecule has 0 aliphatic heterocycles. The molecule has 0 atom stereocenters. The molecule has 1 aromatic heterocycles. The number of halogens is 1. The minimum atomic E-state index is 0. The van der Waals surface area contributed by atoms with Crippen LogP contribution < -0.4 is 24.0 Å². The summed E-state index contributed by atoms with van der Waals surface area (Å²) in [7, 11) is 0.307. The molecule has 0 bridgehead atoms. The van der Waals surface area contributed by atoms with Crippen LogP contribution in [0.5, 0.6) is 0 Å². The molecular weight excluding hydrogens is 267 g/mol. The van der Waals surface area contributed by atoms with Crippen molar-refractivity contribution >= 4 is 10.5 Å². The van der Waals surface area contributed by atoms with Crippen LogP contribution in [-0.2, 0) is 6.26 Å². The van der Waals surface area contributed by atoms with Crippen LogP contribution in [0.25, 0.3) is 0 Å². The van der Waals surface area contributed by atoms with Crippen molar-refractivity contribution in [1.29, 1.82) is 0 Å². The molecule has 0 aliphatic rings. The fraction of sp³-hybridized carbons (Fsp3) is 0.111. The zero-order valence-corrected chi connectivity index (χ0v) is 9.38. The van der Waals surface area contributed by atoms with E-state index < -0.39 is 0 Å². The van der Waals surface area contributed by atoms with E-state index in [-0.39, 0.29) is 24.0 Å². The van der Waals surface area contributed by atoms with Gasteiger partial charge in [-0.05, 0) is 22.6 Å². The summed E-state index contributed by atoms with van der Waals surface area (Å²) in [5.74, 6) is 0. The normalized spacial score (nSPS) is 7.73. The highest BCUT2D eigenvalue weighted by Gasteiger charge is 1.79. The van der Waals surface area contributed by atoms with E-state index in [0.29, 0.717) is 10.5 Å². The Morgan fingerprint density at radius 2 is 1.09 bits per heavy atom. The first kappa shape index (κ1) is 10.9. The third-order valence-electron chi connectivity index (χ3n) is 1.14. The van der Waals surface area contributed by atoms with Crippen molar-refractivity contribution in [2.24, 2.45) is 6.26 Å². The van der Waals surface area contributed by atoms with Gasteiger partial charge in [0, 0.05) is 0 Å². The highest BCUT2D eigenvalue weighted by atomic mass is 127. The fourth-order valence-corrected chi connectivity index (χ4v) is 1.41. The van der Waals surface area contributed by atoms with Crippen LogP contribution in [0.4, 0.5) is 0 Å². The lowest BCUT2D eigenvalue weighted by molar-refractivity contribution is -0.00000210. The number of rotatable bonds is 0. The Morgan fingerprint density at radius 3 is 1.55 bits per heavy atom. The van der Waals surface area contributed by atoms with Crippen LogP contribution in [0.3, 0.4) is 0 Å². The molecule has 0 saturated heterocycles. The Bertz CT molecular complexity index is 217. The van der Waals surface area contributed by atoms with Crippen LogP contribution in [-0.4, -0.2) is 0 Å². The van der Waals surface area contributed by atoms with Gasteiger partial charge < -0.3 is 24.0 Å². The molecule has 0 aliphatic carbocycles. The Balaban J connectivity index is 0.000001000. The number of hydrogen-bond donors (Lipinski definition) is 0. The van der Waals surface area contributed by atoms with E-state index in [1.165, 1.54) is 0 Å². The number of aryl methyl sites for hydroxylation is 1. The van der Waals surface area contributed by atoms with Gasteiger partial charge in [0.25, 0.3) is 0 Å². The van der Waals surface area contributed by atoms with Gasteiger partial charge in [0.1, 0.15) is 17.0 Å². The van der Waals surface area contributed by atoms with Gasteiger partial charge in [-0.1, -0.05) is 24.3 Å². The maximum absolute atomic E-state index is 2.19. The van der Waals surface area contributed by atoms with E-state index in [2.05, 4.69) is 29.1 Å². The molecule has 0 fully saturated rings. The first-order chi connectivity index (χ1) is 4.89. The molecule has 0 unspecified atom stereocenters. The molecule has 1 heterocycles. The summed E-state index contributed by atoms with van der Waals surface area (Å²) >= 11 is 0. The average Bonchev–Trinajstić information content (AvgIpc) is 2.02. The maximum atomic E-state index is 2.19. The minimum absolute atomic E-state index is 0. The monoisotopic (exact) mass is 278 g/mol. The summed E-state index contributed by atoms with van der Waals surface area (Å²) in [4.78, 5) is 0. The fourth-order valence-electron chi connectivity index (χ4n) is 0.641. The van der Waals surface area contributed by atoms with Crippen molar-refractivity contribution in [2.45, 2.75) is 0 Å². The molecule has 11 heavy (non-hydrogen) atoms. The highest BCUT2D eigenvalue weighted by molar-refractivity contribution is 7.26. The molecular formula is C9H11IS. The van der Waals surface area contributed by atoms with E-state index in [0.717, 1.165) is 0 Å². The first-order valence-corrected chi connectivity index (χ1v) is 4.97. The summed E-state index contributed by atoms with van der Waals surface area (Å²) in [5.41, 5.74) is 0. The summed E-state index contributed by atoms with van der Waals surface area (Å²) in [6.07, 6.45) is 2.19. The van der Waals surface area contributed by atoms with Gasteiger partial charge in [-0.2, -0.15) is 0 Å². The van der Waals surface area contributed by atoms with Crippen molar-refractivity contribution in [1.82, 2.24) is 0 Å². The summed E-state index contributed by atoms with van der Waals surface area (Å²) in [6.45, 7) is 0. The molecule has 0 aromatic carbocycles. The zero-order chi connectivity index (χ0) is 7.23. The second kappa shape index (κ2) is 6.61. The molecule has 0 N–H and O–H groups in total. The van der Waals surface area contributed by atoms with E-state index in [1.807, 2.05) is 24.3 Å². The predicted octanol–water partition coefficient (Wildman–Crippen LogP) is 0.101. The first-order valence-electron chi connectivity index (χ1n) is 3.21. The molecule has 1 aromatic rings. The molecule has 1 rings (SSSR count). The van der Waals surface area contributed by atoms with Gasteiger partial charge in [-0.3, -0.25) is 0 Å². The van der Waals surface area contributed by atoms with Crippen molar-refractivity contribution < 1.29 is 24.0 Å². The Hall–Kier alpha value is -0.0900. The third kappa shape index (κ3) is 5.21. The van der Waals surface area contributed by atoms with Gasteiger partial charge in [-0.15, -0.1) is 0 Å². The van der Waals surface area contributed by atoms with E-state index >= 15 is 0 Å². The minimum Gasteiger partial charge on any atom is -1.00 e. The second-order valence-corrected chi connectivity index (χ2v) is 3.79. The van der Waals surface area contributed by atoms with Crippen LogP contribution in [0.1, 0.15) is 0 Å². The highest BCUT2D eigenvalue weighted by Crippen LogP contribution is 2.05. The Labute approximate surface area is 87.6 Å². The second-order valence-electron chi connectivity index (χ2n) is 2.03. The number of hydrogen-bond acceptors (Lipinski definition) is 0. The summed E-state index contributed by atoms with van der Waals surface area (Å²) in [6, 6.07) is 12.3. The van der Waals surface area contributed by atoms with Crippen LogP contribution in [0, 0.1) is 0 Å². The van der Waals surface area contributed by atoms with E-state index in [4.69, 9.17) is 0 Å². The van der Waals surface area contributed by atoms with E-state index in [1.54, 1.807) is 0 Å². The van der Waals surface area contributed by atoms with Gasteiger partial charge in [0.2, 0.25) is 0 Å². The molecule has 0 saturated carbocycles. The topological polar surface area (TPSA) is 0 Å². The SMILES string of the molecule is C[s+]1cccccccc1.[I-]. The Kier molecular flexibility index (Phi) is 6.56. The quantitative estimate of drug-likeness (QED) is 0.466. The molecule has 60 valence electrons. The predicted molar refractivity (Wildman–Crippen MR) is 47.5 cm³/mol. The van der Waals surface area contributed by atoms with Gasteiger partial charge in [-0.25, -0.2) is 0 Å². The molecule has 0 spiro atoms. The standard InChI is InChI=1S/C9H11S.HI/c1-10-8-6-4-2-3-5-7-9-10;/h2-9H,1H3;1H/q+1;/p-1. The van der Waals surface area contributed by atoms with Crippen molar-refractivity contribution in [3.8, 4) is 0 Å². The lowest BCUT2D eigenvalue weighted by atomic mass is 10.5. The summed E-state index contributed by atoms with van der Waals surface area (Å²) < 4.78 is 0. The molecule has 0 amide bonds.